The molecule has 1 fully saturated rings. The molecule has 24 heavy (non-hydrogen) atoms. The highest BCUT2D eigenvalue weighted by Gasteiger charge is 2.36. The molecule has 8 heteroatoms. The summed E-state index contributed by atoms with van der Waals surface area (Å²) in [5.41, 5.74) is 0.953. The van der Waals surface area contributed by atoms with E-state index in [0.717, 1.165) is 17.5 Å². The van der Waals surface area contributed by atoms with Crippen LogP contribution >= 0.6 is 34.8 Å². The lowest BCUT2D eigenvalue weighted by atomic mass is 10.1. The predicted molar refractivity (Wildman–Crippen MR) is 92.3 cm³/mol. The summed E-state index contributed by atoms with van der Waals surface area (Å²) in [6, 6.07) is 3.21. The van der Waals surface area contributed by atoms with Crippen LogP contribution in [0.15, 0.2) is 12.1 Å². The van der Waals surface area contributed by atoms with Gasteiger partial charge in [0.25, 0.3) is 5.91 Å². The number of amides is 1. The normalized spacial score (nSPS) is 14.1. The Kier molecular flexibility index (Phi) is 4.78. The number of aryl methyl sites for hydroxylation is 2. The second-order valence-electron chi connectivity index (χ2n) is 5.89. The summed E-state index contributed by atoms with van der Waals surface area (Å²) in [5, 5.41) is 5.16. The second kappa shape index (κ2) is 6.54. The fourth-order valence-corrected chi connectivity index (χ4v) is 3.60. The Bertz CT molecular complexity index is 794. The van der Waals surface area contributed by atoms with E-state index in [0.29, 0.717) is 26.3 Å². The quantitative estimate of drug-likeness (QED) is 0.763. The zero-order valence-electron chi connectivity index (χ0n) is 13.1. The Balaban J connectivity index is 1.96. The van der Waals surface area contributed by atoms with Crippen LogP contribution in [-0.4, -0.2) is 26.6 Å². The molecule has 1 aliphatic carbocycles. The summed E-state index contributed by atoms with van der Waals surface area (Å²) in [6.07, 6.45) is 1.74. The van der Waals surface area contributed by atoms with E-state index in [9.17, 15) is 9.18 Å². The molecule has 1 heterocycles. The third kappa shape index (κ3) is 3.25. The number of nitrogens with zero attached hydrogens (tertiary/aromatic N) is 3. The van der Waals surface area contributed by atoms with Gasteiger partial charge in [-0.1, -0.05) is 34.8 Å². The first-order valence-corrected chi connectivity index (χ1v) is 8.56. The van der Waals surface area contributed by atoms with Gasteiger partial charge >= 0.3 is 0 Å². The molecular weight excluding hydrogens is 376 g/mol. The standard InChI is InChI=1S/C16H15Cl3FN3O/c1-8-14(15(20)22(2)21-8)16(24)23(10-3-4-10)7-11-12(18)5-9(17)6-13(11)19/h5-6,10H,3-4,7H2,1-2H3. The minimum Gasteiger partial charge on any atom is -0.331 e. The van der Waals surface area contributed by atoms with Crippen LogP contribution in [0.4, 0.5) is 4.39 Å². The summed E-state index contributed by atoms with van der Waals surface area (Å²) in [4.78, 5) is 14.5. The van der Waals surface area contributed by atoms with Crippen LogP contribution in [-0.2, 0) is 13.6 Å². The smallest absolute Gasteiger partial charge is 0.260 e. The first kappa shape index (κ1) is 17.5. The molecular formula is C16H15Cl3FN3O. The fraction of sp³-hybridized carbons (Fsp3) is 0.375. The highest BCUT2D eigenvalue weighted by atomic mass is 35.5. The van der Waals surface area contributed by atoms with Crippen molar-refractivity contribution in [1.29, 1.82) is 0 Å². The van der Waals surface area contributed by atoms with Crippen molar-refractivity contribution in [2.45, 2.75) is 32.4 Å². The summed E-state index contributed by atoms with van der Waals surface area (Å²) in [5.74, 6) is -1.04. The Morgan fingerprint density at radius 3 is 2.38 bits per heavy atom. The van der Waals surface area contributed by atoms with Crippen LogP contribution < -0.4 is 0 Å². The lowest BCUT2D eigenvalue weighted by Gasteiger charge is -2.23. The van der Waals surface area contributed by atoms with Crippen molar-refractivity contribution in [1.82, 2.24) is 14.7 Å². The summed E-state index contributed by atoms with van der Waals surface area (Å²) in [6.45, 7) is 1.82. The molecule has 0 saturated heterocycles. The minimum atomic E-state index is -0.642. The molecule has 128 valence electrons. The Labute approximate surface area is 154 Å². The average molecular weight is 391 g/mol. The zero-order chi connectivity index (χ0) is 17.6. The summed E-state index contributed by atoms with van der Waals surface area (Å²) < 4.78 is 15.3. The molecule has 0 N–H and O–H groups in total. The van der Waals surface area contributed by atoms with Gasteiger partial charge in [0.15, 0.2) is 0 Å². The van der Waals surface area contributed by atoms with Crippen molar-refractivity contribution in [3.63, 3.8) is 0 Å². The van der Waals surface area contributed by atoms with Gasteiger partial charge in [-0.3, -0.25) is 4.79 Å². The highest BCUT2D eigenvalue weighted by molar-refractivity contribution is 6.39. The molecule has 1 aliphatic rings. The van der Waals surface area contributed by atoms with Crippen molar-refractivity contribution in [2.24, 2.45) is 7.05 Å². The van der Waals surface area contributed by atoms with Crippen LogP contribution in [0.25, 0.3) is 0 Å². The summed E-state index contributed by atoms with van der Waals surface area (Å²) >= 11 is 18.4. The minimum absolute atomic E-state index is 0.00870. The molecule has 0 aliphatic heterocycles. The third-order valence-electron chi connectivity index (χ3n) is 4.05. The predicted octanol–water partition coefficient (Wildman–Crippen LogP) is 4.63. The molecule has 1 aromatic carbocycles. The van der Waals surface area contributed by atoms with E-state index in [-0.39, 0.29) is 18.2 Å². The topological polar surface area (TPSA) is 38.1 Å². The lowest BCUT2D eigenvalue weighted by molar-refractivity contribution is 0.0724. The number of rotatable bonds is 4. The van der Waals surface area contributed by atoms with Gasteiger partial charge in [0.1, 0.15) is 5.56 Å². The van der Waals surface area contributed by atoms with Gasteiger partial charge in [-0.25, -0.2) is 4.68 Å². The monoisotopic (exact) mass is 389 g/mol. The van der Waals surface area contributed by atoms with E-state index >= 15 is 0 Å². The van der Waals surface area contributed by atoms with Crippen LogP contribution in [0.2, 0.25) is 15.1 Å². The van der Waals surface area contributed by atoms with Crippen molar-refractivity contribution in [3.05, 3.63) is 50.0 Å². The van der Waals surface area contributed by atoms with Gasteiger partial charge in [0.2, 0.25) is 5.95 Å². The maximum Gasteiger partial charge on any atom is 0.260 e. The van der Waals surface area contributed by atoms with Crippen molar-refractivity contribution in [3.8, 4) is 0 Å². The summed E-state index contributed by atoms with van der Waals surface area (Å²) in [7, 11) is 1.47. The molecule has 0 unspecified atom stereocenters. The number of hydrogen-bond acceptors (Lipinski definition) is 2. The maximum absolute atomic E-state index is 14.3. The lowest BCUT2D eigenvalue weighted by Crippen LogP contribution is -2.33. The number of halogens is 4. The van der Waals surface area contributed by atoms with E-state index in [1.54, 1.807) is 24.0 Å². The first-order chi connectivity index (χ1) is 11.3. The number of carbonyl (C=O) groups excluding carboxylic acids is 1. The van der Waals surface area contributed by atoms with Crippen molar-refractivity contribution < 1.29 is 9.18 Å². The number of carbonyl (C=O) groups is 1. The number of aromatic nitrogens is 2. The Morgan fingerprint density at radius 2 is 1.92 bits per heavy atom. The molecule has 4 nitrogen and oxygen atoms in total. The van der Waals surface area contributed by atoms with E-state index in [1.165, 1.54) is 7.05 Å². The molecule has 0 atom stereocenters. The van der Waals surface area contributed by atoms with Crippen LogP contribution in [0.3, 0.4) is 0 Å². The SMILES string of the molecule is Cc1nn(C)c(F)c1C(=O)N(Cc1c(Cl)cc(Cl)cc1Cl)C1CC1. The van der Waals surface area contributed by atoms with Crippen molar-refractivity contribution >= 4 is 40.7 Å². The molecule has 3 rings (SSSR count). The van der Waals surface area contributed by atoms with Gasteiger partial charge in [-0.05, 0) is 31.9 Å². The third-order valence-corrected chi connectivity index (χ3v) is 4.94. The molecule has 0 spiro atoms. The van der Waals surface area contributed by atoms with Gasteiger partial charge in [-0.2, -0.15) is 9.49 Å². The van der Waals surface area contributed by atoms with Crippen molar-refractivity contribution in [2.75, 3.05) is 0 Å². The Morgan fingerprint density at radius 1 is 1.33 bits per heavy atom. The van der Waals surface area contributed by atoms with E-state index in [2.05, 4.69) is 5.10 Å². The first-order valence-electron chi connectivity index (χ1n) is 7.43. The van der Waals surface area contributed by atoms with Crippen LogP contribution in [0.1, 0.15) is 34.5 Å². The zero-order valence-corrected chi connectivity index (χ0v) is 15.4. The second-order valence-corrected chi connectivity index (χ2v) is 7.14. The molecule has 1 amide bonds. The van der Waals surface area contributed by atoms with Gasteiger partial charge in [0, 0.05) is 40.3 Å². The average Bonchev–Trinajstić information content (AvgIpc) is 3.26. The number of benzene rings is 1. The van der Waals surface area contributed by atoms with Crippen LogP contribution in [0, 0.1) is 12.9 Å². The molecule has 1 saturated carbocycles. The van der Waals surface area contributed by atoms with E-state index in [1.807, 2.05) is 0 Å². The van der Waals surface area contributed by atoms with E-state index in [4.69, 9.17) is 34.8 Å². The highest BCUT2D eigenvalue weighted by Crippen LogP contribution is 2.35. The van der Waals surface area contributed by atoms with E-state index < -0.39 is 11.9 Å². The van der Waals surface area contributed by atoms with Gasteiger partial charge < -0.3 is 4.90 Å². The van der Waals surface area contributed by atoms with Crippen LogP contribution in [0.5, 0.6) is 0 Å². The fourth-order valence-electron chi connectivity index (χ4n) is 2.66. The molecule has 0 bridgehead atoms. The number of hydrogen-bond donors (Lipinski definition) is 0. The molecule has 2 aromatic rings. The molecule has 0 radical (unpaired) electrons. The van der Waals surface area contributed by atoms with Gasteiger partial charge in [0.05, 0.1) is 5.69 Å². The largest absolute Gasteiger partial charge is 0.331 e. The Hall–Kier alpha value is -1.30. The molecule has 1 aromatic heterocycles. The van der Waals surface area contributed by atoms with Gasteiger partial charge in [-0.15, -0.1) is 0 Å². The maximum atomic E-state index is 14.3.